The lowest BCUT2D eigenvalue weighted by molar-refractivity contribution is 0.0941. The average Bonchev–Trinajstić information content (AvgIpc) is 3.76. The van der Waals surface area contributed by atoms with Gasteiger partial charge in [-0.1, -0.05) is 24.3 Å². The molecule has 3 amide bonds. The second-order valence-electron chi connectivity index (χ2n) is 10.5. The van der Waals surface area contributed by atoms with E-state index in [0.29, 0.717) is 41.9 Å². The van der Waals surface area contributed by atoms with Crippen LogP contribution in [0.4, 0.5) is 10.5 Å². The van der Waals surface area contributed by atoms with Gasteiger partial charge in [-0.05, 0) is 42.7 Å². The Morgan fingerprint density at radius 1 is 1.05 bits per heavy atom. The van der Waals surface area contributed by atoms with E-state index >= 15 is 0 Å². The summed E-state index contributed by atoms with van der Waals surface area (Å²) in [6, 6.07) is 14.4. The predicted octanol–water partition coefficient (Wildman–Crippen LogP) is 2.92. The number of nitrogens with one attached hydrogen (secondary N) is 2. The summed E-state index contributed by atoms with van der Waals surface area (Å²) in [6.45, 7) is 1.77. The van der Waals surface area contributed by atoms with Gasteiger partial charge in [0.1, 0.15) is 12.3 Å². The molecule has 3 aromatic rings. The van der Waals surface area contributed by atoms with Crippen molar-refractivity contribution in [2.24, 2.45) is 7.05 Å². The van der Waals surface area contributed by atoms with E-state index in [1.807, 2.05) is 36.4 Å². The molecule has 2 heterocycles. The molecule has 1 aliphatic carbocycles. The quantitative estimate of drug-likeness (QED) is 0.368. The van der Waals surface area contributed by atoms with Crippen LogP contribution in [0.2, 0.25) is 0 Å². The van der Waals surface area contributed by atoms with Crippen LogP contribution >= 0.6 is 0 Å². The Kier molecular flexibility index (Phi) is 8.69. The molecule has 2 fully saturated rings. The Hall–Kier alpha value is -4.10. The van der Waals surface area contributed by atoms with E-state index in [4.69, 9.17) is 9.47 Å². The third kappa shape index (κ3) is 7.02. The Bertz CT molecular complexity index is 1540. The van der Waals surface area contributed by atoms with Gasteiger partial charge in [0.05, 0.1) is 19.1 Å². The number of amides is 3. The number of benzene rings is 2. The highest BCUT2D eigenvalue weighted by molar-refractivity contribution is 7.88. The van der Waals surface area contributed by atoms with E-state index in [1.165, 1.54) is 10.6 Å². The van der Waals surface area contributed by atoms with E-state index in [0.717, 1.165) is 29.7 Å². The summed E-state index contributed by atoms with van der Waals surface area (Å²) in [6.07, 6.45) is 3.42. The number of methoxy groups -OCH3 is 1. The molecule has 13 heteroatoms. The molecule has 1 aliphatic heterocycles. The number of hydrogen-bond acceptors (Lipinski definition) is 7. The number of aromatic nitrogens is 2. The molecule has 0 unspecified atom stereocenters. The highest BCUT2D eigenvalue weighted by Crippen LogP contribution is 2.39. The third-order valence-electron chi connectivity index (χ3n) is 7.43. The van der Waals surface area contributed by atoms with Crippen molar-refractivity contribution in [2.45, 2.75) is 31.9 Å². The van der Waals surface area contributed by atoms with Crippen LogP contribution in [0.1, 0.15) is 46.1 Å². The molecule has 2 N–H and O–H groups in total. The summed E-state index contributed by atoms with van der Waals surface area (Å²) in [5.74, 6) is 1.36. The molecule has 12 nitrogen and oxygen atoms in total. The summed E-state index contributed by atoms with van der Waals surface area (Å²) >= 11 is 0. The topological polar surface area (TPSA) is 135 Å². The molecule has 0 bridgehead atoms. The molecule has 0 spiro atoms. The number of carbonyl (C=O) groups is 2. The number of rotatable bonds is 10. The van der Waals surface area contributed by atoms with Gasteiger partial charge in [0.15, 0.2) is 11.5 Å². The van der Waals surface area contributed by atoms with E-state index in [1.54, 1.807) is 35.9 Å². The lowest BCUT2D eigenvalue weighted by Gasteiger charge is -2.33. The number of sulfonamides is 1. The molecule has 0 atom stereocenters. The maximum Gasteiger partial charge on any atom is 0.321 e. The van der Waals surface area contributed by atoms with Crippen LogP contribution < -0.4 is 20.1 Å². The average molecular weight is 597 g/mol. The molecule has 1 aromatic heterocycles. The number of hydrogen-bond donors (Lipinski definition) is 2. The maximum absolute atomic E-state index is 12.8. The number of urea groups is 1. The Morgan fingerprint density at radius 3 is 2.40 bits per heavy atom. The van der Waals surface area contributed by atoms with E-state index in [-0.39, 0.29) is 38.2 Å². The molecular formula is C29H36N6O6S. The van der Waals surface area contributed by atoms with Crippen LogP contribution in [-0.4, -0.2) is 78.9 Å². The van der Waals surface area contributed by atoms with Gasteiger partial charge >= 0.3 is 6.03 Å². The summed E-state index contributed by atoms with van der Waals surface area (Å²) < 4.78 is 38.1. The third-order valence-corrected chi connectivity index (χ3v) is 8.73. The first kappa shape index (κ1) is 29.4. The molecule has 42 heavy (non-hydrogen) atoms. The zero-order chi connectivity index (χ0) is 29.9. The second-order valence-corrected chi connectivity index (χ2v) is 12.5. The first-order chi connectivity index (χ1) is 20.1. The van der Waals surface area contributed by atoms with E-state index in [2.05, 4.69) is 15.7 Å². The lowest BCUT2D eigenvalue weighted by atomic mass is 10.1. The Morgan fingerprint density at radius 2 is 1.76 bits per heavy atom. The molecular weight excluding hydrogens is 560 g/mol. The van der Waals surface area contributed by atoms with Gasteiger partial charge in [-0.3, -0.25) is 9.48 Å². The summed E-state index contributed by atoms with van der Waals surface area (Å²) in [5.41, 5.74) is 3.79. The molecule has 2 aliphatic rings. The van der Waals surface area contributed by atoms with Crippen LogP contribution in [-0.2, 0) is 30.2 Å². The number of ether oxygens (including phenoxy) is 2. The minimum atomic E-state index is -3.25. The van der Waals surface area contributed by atoms with Gasteiger partial charge < -0.3 is 25.0 Å². The van der Waals surface area contributed by atoms with Gasteiger partial charge in [0, 0.05) is 56.9 Å². The van der Waals surface area contributed by atoms with Crippen LogP contribution in [0.25, 0.3) is 0 Å². The van der Waals surface area contributed by atoms with Crippen molar-refractivity contribution in [2.75, 3.05) is 44.9 Å². The van der Waals surface area contributed by atoms with Crippen LogP contribution in [0.15, 0.2) is 48.5 Å². The summed E-state index contributed by atoms with van der Waals surface area (Å²) in [5, 5.41) is 10.3. The van der Waals surface area contributed by atoms with Crippen molar-refractivity contribution in [3.8, 4) is 11.5 Å². The van der Waals surface area contributed by atoms with Crippen LogP contribution in [0.3, 0.4) is 0 Å². The predicted molar refractivity (Wildman–Crippen MR) is 157 cm³/mol. The SMILES string of the molecule is COc1c(CNC(=O)c2cc(C3CC3)nn2C)cccc1OCc1ccc(NC(=O)N2CCN(S(C)(=O)=O)CC2)cc1. The van der Waals surface area contributed by atoms with Gasteiger partial charge in [0.25, 0.3) is 5.91 Å². The molecule has 1 saturated heterocycles. The number of aryl methyl sites for hydroxylation is 1. The van der Waals surface area contributed by atoms with Crippen molar-refractivity contribution >= 4 is 27.6 Å². The largest absolute Gasteiger partial charge is 0.493 e. The van der Waals surface area contributed by atoms with E-state index < -0.39 is 10.0 Å². The second kappa shape index (κ2) is 12.4. The van der Waals surface area contributed by atoms with Crippen molar-refractivity contribution in [1.29, 1.82) is 0 Å². The number of carbonyl (C=O) groups excluding carboxylic acids is 2. The molecule has 2 aromatic carbocycles. The van der Waals surface area contributed by atoms with Gasteiger partial charge in [-0.25, -0.2) is 13.2 Å². The molecule has 0 radical (unpaired) electrons. The van der Waals surface area contributed by atoms with Gasteiger partial charge in [0.2, 0.25) is 10.0 Å². The van der Waals surface area contributed by atoms with Crippen LogP contribution in [0, 0.1) is 0 Å². The summed E-state index contributed by atoms with van der Waals surface area (Å²) in [4.78, 5) is 27.0. The number of piperazine rings is 1. The first-order valence-electron chi connectivity index (χ1n) is 13.8. The monoisotopic (exact) mass is 596 g/mol. The molecule has 5 rings (SSSR count). The summed E-state index contributed by atoms with van der Waals surface area (Å²) in [7, 11) is 0.0893. The highest BCUT2D eigenvalue weighted by Gasteiger charge is 2.28. The van der Waals surface area contributed by atoms with Gasteiger partial charge in [-0.2, -0.15) is 9.40 Å². The minimum Gasteiger partial charge on any atom is -0.493 e. The normalized spacial score (nSPS) is 15.7. The van der Waals surface area contributed by atoms with Gasteiger partial charge in [-0.15, -0.1) is 0 Å². The van der Waals surface area contributed by atoms with Crippen molar-refractivity contribution < 1.29 is 27.5 Å². The first-order valence-corrected chi connectivity index (χ1v) is 15.7. The number of para-hydroxylation sites is 1. The minimum absolute atomic E-state index is 0.200. The molecule has 1 saturated carbocycles. The standard InChI is InChI=1S/C29H36N6O6S/c1-33-25(17-24(32-33)21-9-10-21)28(36)30-18-22-5-4-6-26(27(22)40-2)41-19-20-7-11-23(12-8-20)31-29(37)34-13-15-35(16-14-34)42(3,38)39/h4-8,11-12,17,21H,9-10,13-16,18-19H2,1-3H3,(H,30,36)(H,31,37). The van der Waals surface area contributed by atoms with Crippen molar-refractivity contribution in [3.05, 3.63) is 71.0 Å². The Labute approximate surface area is 245 Å². The molecule has 224 valence electrons. The Balaban J connectivity index is 1.13. The van der Waals surface area contributed by atoms with Crippen LogP contribution in [0.5, 0.6) is 11.5 Å². The smallest absolute Gasteiger partial charge is 0.321 e. The fourth-order valence-electron chi connectivity index (χ4n) is 4.86. The van der Waals surface area contributed by atoms with Crippen molar-refractivity contribution in [1.82, 2.24) is 24.3 Å². The highest BCUT2D eigenvalue weighted by atomic mass is 32.2. The lowest BCUT2D eigenvalue weighted by Crippen LogP contribution is -2.51. The fourth-order valence-corrected chi connectivity index (χ4v) is 5.69. The van der Waals surface area contributed by atoms with E-state index in [9.17, 15) is 18.0 Å². The van der Waals surface area contributed by atoms with Crippen molar-refractivity contribution in [3.63, 3.8) is 0 Å². The fraction of sp³-hybridized carbons (Fsp3) is 0.414. The maximum atomic E-state index is 12.8. The number of nitrogens with zero attached hydrogens (tertiary/aromatic N) is 4. The number of anilines is 1. The zero-order valence-corrected chi connectivity index (χ0v) is 24.8. The zero-order valence-electron chi connectivity index (χ0n) is 24.0.